The van der Waals surface area contributed by atoms with E-state index >= 15 is 0 Å². The number of nitrogens with zero attached hydrogens (tertiary/aromatic N) is 1. The van der Waals surface area contributed by atoms with Crippen LogP contribution in [0, 0.1) is 17.2 Å². The average molecular weight is 254 g/mol. The van der Waals surface area contributed by atoms with Crippen molar-refractivity contribution >= 4 is 18.2 Å². The van der Waals surface area contributed by atoms with Crippen LogP contribution < -0.4 is 5.73 Å². The highest BCUT2D eigenvalue weighted by Gasteiger charge is 2.31. The van der Waals surface area contributed by atoms with E-state index in [4.69, 9.17) is 11.1 Å². The molecule has 0 spiro atoms. The Balaban J connectivity index is 0.00000144. The summed E-state index contributed by atoms with van der Waals surface area (Å²) in [7, 11) is 0. The van der Waals surface area contributed by atoms with Gasteiger partial charge in [0, 0.05) is 25.6 Å². The molecular weight excluding hydrogens is 234 g/mol. The van der Waals surface area contributed by atoms with Gasteiger partial charge < -0.3 is 5.73 Å². The van der Waals surface area contributed by atoms with E-state index in [0.717, 1.165) is 19.6 Å². The summed E-state index contributed by atoms with van der Waals surface area (Å²) < 4.78 is 0. The van der Waals surface area contributed by atoms with Crippen molar-refractivity contribution in [2.45, 2.75) is 13.5 Å². The quantitative estimate of drug-likeness (QED) is 0.640. The predicted molar refractivity (Wildman–Crippen MR) is 73.5 cm³/mol. The molecule has 0 aliphatic carbocycles. The molecule has 0 saturated carbocycles. The first-order valence-electron chi connectivity index (χ1n) is 5.77. The monoisotopic (exact) mass is 253 g/mol. The average Bonchev–Trinajstić information content (AvgIpc) is 2.61. The van der Waals surface area contributed by atoms with E-state index < -0.39 is 0 Å². The normalized spacial score (nSPS) is 24.3. The van der Waals surface area contributed by atoms with Gasteiger partial charge in [0.15, 0.2) is 0 Å². The topological polar surface area (TPSA) is 53.1 Å². The van der Waals surface area contributed by atoms with Gasteiger partial charge in [-0.15, -0.1) is 12.4 Å². The van der Waals surface area contributed by atoms with Gasteiger partial charge in [0.2, 0.25) is 0 Å². The SMILES string of the molecule is C[C@@H]1CN(Cc2ccccc2)C[C@H]1C(=N)N.Cl. The van der Waals surface area contributed by atoms with Gasteiger partial charge >= 0.3 is 0 Å². The molecule has 0 aromatic heterocycles. The van der Waals surface area contributed by atoms with Crippen LogP contribution in [-0.2, 0) is 6.54 Å². The molecule has 1 heterocycles. The van der Waals surface area contributed by atoms with E-state index in [1.807, 2.05) is 6.07 Å². The molecule has 0 radical (unpaired) electrons. The predicted octanol–water partition coefficient (Wildman–Crippen LogP) is 2.11. The van der Waals surface area contributed by atoms with E-state index in [2.05, 4.69) is 36.1 Å². The molecule has 4 heteroatoms. The summed E-state index contributed by atoms with van der Waals surface area (Å²) in [5.41, 5.74) is 6.93. The molecule has 1 fully saturated rings. The Kier molecular flexibility index (Phi) is 4.97. The summed E-state index contributed by atoms with van der Waals surface area (Å²) in [6.07, 6.45) is 0. The van der Waals surface area contributed by atoms with Gasteiger partial charge in [-0.3, -0.25) is 10.3 Å². The number of halogens is 1. The number of nitrogens with one attached hydrogen (secondary N) is 1. The molecule has 3 N–H and O–H groups in total. The second-order valence-electron chi connectivity index (χ2n) is 4.72. The van der Waals surface area contributed by atoms with Crippen LogP contribution in [0.2, 0.25) is 0 Å². The molecule has 0 bridgehead atoms. The van der Waals surface area contributed by atoms with E-state index in [0.29, 0.717) is 11.8 Å². The van der Waals surface area contributed by atoms with E-state index in [1.54, 1.807) is 0 Å². The molecule has 0 amide bonds. The number of hydrogen-bond donors (Lipinski definition) is 2. The molecule has 1 aliphatic rings. The fraction of sp³-hybridized carbons (Fsp3) is 0.462. The van der Waals surface area contributed by atoms with Gasteiger partial charge in [-0.05, 0) is 11.5 Å². The smallest absolute Gasteiger partial charge is 0.0953 e. The molecule has 17 heavy (non-hydrogen) atoms. The molecular formula is C13H20ClN3. The summed E-state index contributed by atoms with van der Waals surface area (Å²) in [5, 5.41) is 7.54. The van der Waals surface area contributed by atoms with Gasteiger partial charge in [-0.1, -0.05) is 37.3 Å². The summed E-state index contributed by atoms with van der Waals surface area (Å²) in [6, 6.07) is 10.5. The Morgan fingerprint density at radius 3 is 2.53 bits per heavy atom. The molecule has 1 aliphatic heterocycles. The Hall–Kier alpha value is -1.06. The summed E-state index contributed by atoms with van der Waals surface area (Å²) in [4.78, 5) is 2.38. The molecule has 94 valence electrons. The summed E-state index contributed by atoms with van der Waals surface area (Å²) >= 11 is 0. The molecule has 2 atom stereocenters. The van der Waals surface area contributed by atoms with Gasteiger partial charge in [0.1, 0.15) is 0 Å². The second kappa shape index (κ2) is 6.03. The fourth-order valence-corrected chi connectivity index (χ4v) is 2.44. The van der Waals surface area contributed by atoms with Gasteiger partial charge in [0.05, 0.1) is 5.84 Å². The number of hydrogen-bond acceptors (Lipinski definition) is 2. The lowest BCUT2D eigenvalue weighted by atomic mass is 9.97. The van der Waals surface area contributed by atoms with Crippen LogP contribution >= 0.6 is 12.4 Å². The number of likely N-dealkylation sites (tertiary alicyclic amines) is 1. The Morgan fingerprint density at radius 1 is 1.35 bits per heavy atom. The zero-order chi connectivity index (χ0) is 11.5. The molecule has 1 aromatic carbocycles. The number of benzene rings is 1. The molecule has 1 saturated heterocycles. The van der Waals surface area contributed by atoms with Crippen molar-refractivity contribution < 1.29 is 0 Å². The summed E-state index contributed by atoms with van der Waals surface area (Å²) in [5.74, 6) is 1.08. The zero-order valence-electron chi connectivity index (χ0n) is 10.1. The highest BCUT2D eigenvalue weighted by molar-refractivity contribution is 5.85. The van der Waals surface area contributed by atoms with Crippen LogP contribution in [-0.4, -0.2) is 23.8 Å². The van der Waals surface area contributed by atoms with Crippen molar-refractivity contribution in [2.75, 3.05) is 13.1 Å². The molecule has 2 rings (SSSR count). The van der Waals surface area contributed by atoms with Gasteiger partial charge in [-0.25, -0.2) is 0 Å². The minimum atomic E-state index is 0. The Bertz CT molecular complexity index is 366. The van der Waals surface area contributed by atoms with Crippen molar-refractivity contribution in [3.8, 4) is 0 Å². The van der Waals surface area contributed by atoms with Crippen molar-refractivity contribution in [1.82, 2.24) is 4.90 Å². The van der Waals surface area contributed by atoms with Crippen molar-refractivity contribution in [3.63, 3.8) is 0 Å². The first-order chi connectivity index (χ1) is 7.66. The zero-order valence-corrected chi connectivity index (χ0v) is 10.9. The Morgan fingerprint density at radius 2 is 2.00 bits per heavy atom. The minimum absolute atomic E-state index is 0. The first kappa shape index (κ1) is 14.0. The number of nitrogens with two attached hydrogens (primary N) is 1. The molecule has 3 nitrogen and oxygen atoms in total. The van der Waals surface area contributed by atoms with Crippen molar-refractivity contribution in [3.05, 3.63) is 35.9 Å². The van der Waals surface area contributed by atoms with Crippen LogP contribution in [0.4, 0.5) is 0 Å². The van der Waals surface area contributed by atoms with Gasteiger partial charge in [-0.2, -0.15) is 0 Å². The van der Waals surface area contributed by atoms with Crippen LogP contribution in [0.15, 0.2) is 30.3 Å². The molecule has 0 unspecified atom stereocenters. The lowest BCUT2D eigenvalue weighted by molar-refractivity contribution is 0.318. The maximum Gasteiger partial charge on any atom is 0.0953 e. The third-order valence-corrected chi connectivity index (χ3v) is 3.34. The molecule has 1 aromatic rings. The standard InChI is InChI=1S/C13H19N3.ClH/c1-10-7-16(9-12(10)13(14)15)8-11-5-3-2-4-6-11;/h2-6,10,12H,7-9H2,1H3,(H3,14,15);1H/t10-,12-;/m1./s1. The summed E-state index contributed by atoms with van der Waals surface area (Å²) in [6.45, 7) is 5.11. The van der Waals surface area contributed by atoms with E-state index in [9.17, 15) is 0 Å². The van der Waals surface area contributed by atoms with Crippen molar-refractivity contribution in [1.29, 1.82) is 5.41 Å². The fourth-order valence-electron chi connectivity index (χ4n) is 2.44. The number of amidine groups is 1. The van der Waals surface area contributed by atoms with E-state index in [-0.39, 0.29) is 18.3 Å². The van der Waals surface area contributed by atoms with Crippen LogP contribution in [0.3, 0.4) is 0 Å². The van der Waals surface area contributed by atoms with Crippen LogP contribution in [0.1, 0.15) is 12.5 Å². The lowest BCUT2D eigenvalue weighted by Crippen LogP contribution is -2.28. The third kappa shape index (κ3) is 3.45. The Labute approximate surface area is 109 Å². The highest BCUT2D eigenvalue weighted by atomic mass is 35.5. The highest BCUT2D eigenvalue weighted by Crippen LogP contribution is 2.24. The first-order valence-corrected chi connectivity index (χ1v) is 5.77. The van der Waals surface area contributed by atoms with Crippen LogP contribution in [0.5, 0.6) is 0 Å². The van der Waals surface area contributed by atoms with Crippen molar-refractivity contribution in [2.24, 2.45) is 17.6 Å². The minimum Gasteiger partial charge on any atom is -0.387 e. The lowest BCUT2D eigenvalue weighted by Gasteiger charge is -2.15. The third-order valence-electron chi connectivity index (χ3n) is 3.34. The maximum absolute atomic E-state index is 7.54. The van der Waals surface area contributed by atoms with Gasteiger partial charge in [0.25, 0.3) is 0 Å². The number of rotatable bonds is 3. The second-order valence-corrected chi connectivity index (χ2v) is 4.72. The van der Waals surface area contributed by atoms with Crippen LogP contribution in [0.25, 0.3) is 0 Å². The maximum atomic E-state index is 7.54. The largest absolute Gasteiger partial charge is 0.387 e. The van der Waals surface area contributed by atoms with E-state index in [1.165, 1.54) is 5.56 Å².